The Morgan fingerprint density at radius 2 is 2.05 bits per heavy atom. The maximum Gasteiger partial charge on any atom is 0.270 e. The predicted molar refractivity (Wildman–Crippen MR) is 81.7 cm³/mol. The Morgan fingerprint density at radius 1 is 1.29 bits per heavy atom. The van der Waals surface area contributed by atoms with Gasteiger partial charge in [0.25, 0.3) is 11.6 Å². The fourth-order valence-electron chi connectivity index (χ4n) is 1.68. The van der Waals surface area contributed by atoms with Crippen molar-refractivity contribution >= 4 is 33.2 Å². The molecule has 2 rings (SSSR count). The number of nitro benzene ring substituents is 1. The molecule has 21 heavy (non-hydrogen) atoms. The van der Waals surface area contributed by atoms with E-state index < -0.39 is 10.8 Å². The lowest BCUT2D eigenvalue weighted by Gasteiger charge is -2.09. The molecule has 108 valence electrons. The summed E-state index contributed by atoms with van der Waals surface area (Å²) >= 11 is 3.32. The first-order chi connectivity index (χ1) is 10.0. The molecule has 0 bridgehead atoms. The molecule has 0 unspecified atom stereocenters. The van der Waals surface area contributed by atoms with Gasteiger partial charge in [-0.15, -0.1) is 0 Å². The number of amides is 1. The van der Waals surface area contributed by atoms with Crippen LogP contribution in [0.5, 0.6) is 5.75 Å². The van der Waals surface area contributed by atoms with Gasteiger partial charge in [0.1, 0.15) is 5.75 Å². The van der Waals surface area contributed by atoms with E-state index in [0.29, 0.717) is 15.9 Å². The molecule has 0 aliphatic carbocycles. The van der Waals surface area contributed by atoms with Gasteiger partial charge >= 0.3 is 0 Å². The van der Waals surface area contributed by atoms with Crippen LogP contribution in [0.15, 0.2) is 46.9 Å². The van der Waals surface area contributed by atoms with Gasteiger partial charge in [0, 0.05) is 28.2 Å². The molecule has 1 amide bonds. The van der Waals surface area contributed by atoms with Crippen LogP contribution in [0.25, 0.3) is 0 Å². The summed E-state index contributed by atoms with van der Waals surface area (Å²) in [5.41, 5.74) is 0.595. The zero-order chi connectivity index (χ0) is 15.4. The van der Waals surface area contributed by atoms with E-state index in [1.165, 1.54) is 31.4 Å². The van der Waals surface area contributed by atoms with Gasteiger partial charge in [-0.2, -0.15) is 0 Å². The van der Waals surface area contributed by atoms with Crippen LogP contribution in [-0.2, 0) is 0 Å². The second kappa shape index (κ2) is 6.36. The largest absolute Gasteiger partial charge is 0.497 e. The van der Waals surface area contributed by atoms with Gasteiger partial charge in [-0.3, -0.25) is 14.9 Å². The lowest BCUT2D eigenvalue weighted by molar-refractivity contribution is -0.384. The quantitative estimate of drug-likeness (QED) is 0.674. The highest BCUT2D eigenvalue weighted by molar-refractivity contribution is 9.10. The number of methoxy groups -OCH3 is 1. The van der Waals surface area contributed by atoms with Crippen molar-refractivity contribution in [3.05, 3.63) is 62.6 Å². The number of hydrogen-bond donors (Lipinski definition) is 1. The molecule has 0 aliphatic heterocycles. The Hall–Kier alpha value is -2.41. The summed E-state index contributed by atoms with van der Waals surface area (Å²) in [6.07, 6.45) is 0. The van der Waals surface area contributed by atoms with Crippen molar-refractivity contribution in [3.63, 3.8) is 0 Å². The highest BCUT2D eigenvalue weighted by atomic mass is 79.9. The SMILES string of the molecule is COc1ccc(Br)c(NC(=O)c2cccc([N+](=O)[O-])c2)c1. The summed E-state index contributed by atoms with van der Waals surface area (Å²) in [5, 5.41) is 13.4. The second-order valence-corrected chi connectivity index (χ2v) is 4.96. The van der Waals surface area contributed by atoms with Gasteiger partial charge in [-0.1, -0.05) is 6.07 Å². The minimum absolute atomic E-state index is 0.132. The number of anilines is 1. The Bertz CT molecular complexity index is 703. The highest BCUT2D eigenvalue weighted by Crippen LogP contribution is 2.27. The van der Waals surface area contributed by atoms with Gasteiger partial charge in [-0.05, 0) is 34.1 Å². The topological polar surface area (TPSA) is 81.5 Å². The molecule has 2 aromatic carbocycles. The average molecular weight is 351 g/mol. The van der Waals surface area contributed by atoms with Gasteiger partial charge in [0.2, 0.25) is 0 Å². The fourth-order valence-corrected chi connectivity index (χ4v) is 2.03. The number of ether oxygens (including phenoxy) is 1. The number of rotatable bonds is 4. The maximum absolute atomic E-state index is 12.1. The van der Waals surface area contributed by atoms with Crippen molar-refractivity contribution in [1.82, 2.24) is 0 Å². The molecule has 0 aliphatic rings. The van der Waals surface area contributed by atoms with Crippen LogP contribution in [-0.4, -0.2) is 17.9 Å². The average Bonchev–Trinajstić information content (AvgIpc) is 2.49. The number of non-ortho nitro benzene ring substituents is 1. The number of carbonyl (C=O) groups excluding carboxylic acids is 1. The predicted octanol–water partition coefficient (Wildman–Crippen LogP) is 3.62. The Morgan fingerprint density at radius 3 is 2.71 bits per heavy atom. The molecule has 6 nitrogen and oxygen atoms in total. The molecule has 0 aromatic heterocycles. The molecule has 0 spiro atoms. The van der Waals surface area contributed by atoms with E-state index in [2.05, 4.69) is 21.2 Å². The smallest absolute Gasteiger partial charge is 0.270 e. The number of nitrogens with one attached hydrogen (secondary N) is 1. The first-order valence-electron chi connectivity index (χ1n) is 5.90. The van der Waals surface area contributed by atoms with E-state index in [1.54, 1.807) is 18.2 Å². The number of benzene rings is 2. The van der Waals surface area contributed by atoms with E-state index >= 15 is 0 Å². The Labute approximate surface area is 129 Å². The van der Waals surface area contributed by atoms with E-state index in [-0.39, 0.29) is 11.3 Å². The lowest BCUT2D eigenvalue weighted by atomic mass is 10.2. The van der Waals surface area contributed by atoms with Crippen molar-refractivity contribution in [3.8, 4) is 5.75 Å². The second-order valence-electron chi connectivity index (χ2n) is 4.11. The van der Waals surface area contributed by atoms with Crippen LogP contribution < -0.4 is 10.1 Å². The fraction of sp³-hybridized carbons (Fsp3) is 0.0714. The normalized spacial score (nSPS) is 10.0. The number of nitro groups is 1. The van der Waals surface area contributed by atoms with E-state index in [0.717, 1.165) is 0 Å². The highest BCUT2D eigenvalue weighted by Gasteiger charge is 2.13. The van der Waals surface area contributed by atoms with Crippen LogP contribution in [0.2, 0.25) is 0 Å². The molecule has 0 atom stereocenters. The summed E-state index contributed by atoms with van der Waals surface area (Å²) in [7, 11) is 1.52. The summed E-state index contributed by atoms with van der Waals surface area (Å²) in [5.74, 6) is 0.153. The Balaban J connectivity index is 2.25. The van der Waals surface area contributed by atoms with Crippen molar-refractivity contribution < 1.29 is 14.5 Å². The van der Waals surface area contributed by atoms with E-state index in [4.69, 9.17) is 4.74 Å². The van der Waals surface area contributed by atoms with Gasteiger partial charge in [0.05, 0.1) is 17.7 Å². The van der Waals surface area contributed by atoms with Crippen molar-refractivity contribution in [1.29, 1.82) is 0 Å². The van der Waals surface area contributed by atoms with Crippen molar-refractivity contribution in [2.75, 3.05) is 12.4 Å². The zero-order valence-electron chi connectivity index (χ0n) is 11.0. The monoisotopic (exact) mass is 350 g/mol. The number of nitrogens with zero attached hydrogens (tertiary/aromatic N) is 1. The first-order valence-corrected chi connectivity index (χ1v) is 6.70. The van der Waals surface area contributed by atoms with Gasteiger partial charge in [-0.25, -0.2) is 0 Å². The third kappa shape index (κ3) is 3.57. The molecule has 0 radical (unpaired) electrons. The summed E-state index contributed by atoms with van der Waals surface area (Å²) in [6.45, 7) is 0. The summed E-state index contributed by atoms with van der Waals surface area (Å²) in [6, 6.07) is 10.7. The van der Waals surface area contributed by atoms with Crippen LogP contribution in [0.1, 0.15) is 10.4 Å². The van der Waals surface area contributed by atoms with Gasteiger partial charge < -0.3 is 10.1 Å². The zero-order valence-corrected chi connectivity index (χ0v) is 12.6. The van der Waals surface area contributed by atoms with Crippen molar-refractivity contribution in [2.45, 2.75) is 0 Å². The molecule has 0 saturated carbocycles. The van der Waals surface area contributed by atoms with Crippen LogP contribution in [0, 0.1) is 10.1 Å². The molecule has 0 fully saturated rings. The number of hydrogen-bond acceptors (Lipinski definition) is 4. The van der Waals surface area contributed by atoms with Crippen LogP contribution >= 0.6 is 15.9 Å². The lowest BCUT2D eigenvalue weighted by Crippen LogP contribution is -2.12. The van der Waals surface area contributed by atoms with Crippen LogP contribution in [0.3, 0.4) is 0 Å². The number of halogens is 1. The first kappa shape index (κ1) is 15.0. The van der Waals surface area contributed by atoms with Crippen LogP contribution in [0.4, 0.5) is 11.4 Å². The Kier molecular flexibility index (Phi) is 4.54. The molecular weight excluding hydrogens is 340 g/mol. The van der Waals surface area contributed by atoms with E-state index in [1.807, 2.05) is 0 Å². The molecular formula is C14H11BrN2O4. The van der Waals surface area contributed by atoms with Crippen molar-refractivity contribution in [2.24, 2.45) is 0 Å². The molecule has 0 heterocycles. The minimum atomic E-state index is -0.543. The maximum atomic E-state index is 12.1. The third-order valence-electron chi connectivity index (χ3n) is 2.74. The standard InChI is InChI=1S/C14H11BrN2O4/c1-21-11-5-6-12(15)13(8-11)16-14(18)9-3-2-4-10(7-9)17(19)20/h2-8H,1H3,(H,16,18). The summed E-state index contributed by atoms with van der Waals surface area (Å²) in [4.78, 5) is 22.3. The molecule has 7 heteroatoms. The third-order valence-corrected chi connectivity index (χ3v) is 3.43. The van der Waals surface area contributed by atoms with E-state index in [9.17, 15) is 14.9 Å². The molecule has 2 aromatic rings. The molecule has 1 N–H and O–H groups in total. The summed E-state index contributed by atoms with van der Waals surface area (Å²) < 4.78 is 5.77. The number of carbonyl (C=O) groups is 1. The molecule has 0 saturated heterocycles. The van der Waals surface area contributed by atoms with Gasteiger partial charge in [0.15, 0.2) is 0 Å². The minimum Gasteiger partial charge on any atom is -0.497 e.